The van der Waals surface area contributed by atoms with Crippen LogP contribution < -0.4 is 15.9 Å². The molecule has 1 saturated heterocycles. The molecule has 4 nitrogen and oxygen atoms in total. The smallest absolute Gasteiger partial charge is 0.255 e. The molecule has 2 aliphatic rings. The number of amides is 2. The number of allylic oxidation sites excluding steroid dienone is 1. The Morgan fingerprint density at radius 2 is 1.95 bits per heavy atom. The van der Waals surface area contributed by atoms with Crippen LogP contribution in [0.3, 0.4) is 0 Å². The highest BCUT2D eigenvalue weighted by Gasteiger charge is 2.38. The van der Waals surface area contributed by atoms with Gasteiger partial charge in [0.05, 0.1) is 0 Å². The molecule has 3 rings (SSSR count). The van der Waals surface area contributed by atoms with E-state index in [9.17, 15) is 9.59 Å². The van der Waals surface area contributed by atoms with Crippen LogP contribution in [-0.2, 0) is 11.3 Å². The average molecular weight is 306 g/mol. The van der Waals surface area contributed by atoms with Gasteiger partial charge in [0.25, 0.3) is 5.91 Å². The van der Waals surface area contributed by atoms with E-state index in [1.165, 1.54) is 0 Å². The van der Waals surface area contributed by atoms with Crippen LogP contribution in [0.25, 0.3) is 0 Å². The van der Waals surface area contributed by atoms with E-state index in [-0.39, 0.29) is 17.9 Å². The van der Waals surface area contributed by atoms with Gasteiger partial charge in [0, 0.05) is 17.8 Å². The number of nitrogens with one attached hydrogen (secondary N) is 1. The van der Waals surface area contributed by atoms with Crippen LogP contribution in [0.1, 0.15) is 28.8 Å². The molecule has 0 radical (unpaired) electrons. The molecular weight excluding hydrogens is 290 g/mol. The fourth-order valence-corrected chi connectivity index (χ4v) is 3.27. The van der Waals surface area contributed by atoms with Crippen molar-refractivity contribution in [3.63, 3.8) is 0 Å². The molecule has 0 spiro atoms. The summed E-state index contributed by atoms with van der Waals surface area (Å²) in [6.45, 7) is 4.27. The SMILES string of the molecule is C=C1CCC(N2Cc3cc(P)c(P)cc3C2=O)C(=O)N1. The van der Waals surface area contributed by atoms with Crippen LogP contribution in [0, 0.1) is 0 Å². The maximum atomic E-state index is 12.5. The lowest BCUT2D eigenvalue weighted by atomic mass is 10.0. The quantitative estimate of drug-likeness (QED) is 0.765. The van der Waals surface area contributed by atoms with E-state index < -0.39 is 0 Å². The molecule has 3 atom stereocenters. The number of carbonyl (C=O) groups excluding carboxylic acids is 2. The zero-order chi connectivity index (χ0) is 14.4. The van der Waals surface area contributed by atoms with Gasteiger partial charge in [0.15, 0.2) is 0 Å². The zero-order valence-electron chi connectivity index (χ0n) is 11.0. The number of rotatable bonds is 1. The van der Waals surface area contributed by atoms with Crippen LogP contribution in [0.2, 0.25) is 0 Å². The summed E-state index contributed by atoms with van der Waals surface area (Å²) in [5.74, 6) is -0.180. The summed E-state index contributed by atoms with van der Waals surface area (Å²) in [4.78, 5) is 26.2. The predicted molar refractivity (Wildman–Crippen MR) is 85.3 cm³/mol. The lowest BCUT2D eigenvalue weighted by Crippen LogP contribution is -2.49. The molecular formula is C14H16N2O2P2. The highest BCUT2D eigenvalue weighted by molar-refractivity contribution is 7.35. The van der Waals surface area contributed by atoms with Crippen LogP contribution in [0.15, 0.2) is 24.4 Å². The largest absolute Gasteiger partial charge is 0.329 e. The van der Waals surface area contributed by atoms with Crippen LogP contribution >= 0.6 is 18.5 Å². The average Bonchev–Trinajstić information content (AvgIpc) is 2.68. The van der Waals surface area contributed by atoms with Crippen molar-refractivity contribution < 1.29 is 9.59 Å². The molecule has 1 fully saturated rings. The van der Waals surface area contributed by atoms with Crippen LogP contribution in [0.5, 0.6) is 0 Å². The maximum absolute atomic E-state index is 12.5. The van der Waals surface area contributed by atoms with Crippen molar-refractivity contribution in [3.05, 3.63) is 35.5 Å². The Hall–Kier alpha value is -1.24. The number of hydrogen-bond acceptors (Lipinski definition) is 2. The Labute approximate surface area is 122 Å². The zero-order valence-corrected chi connectivity index (χ0v) is 13.3. The van der Waals surface area contributed by atoms with E-state index in [4.69, 9.17) is 0 Å². The Bertz CT molecular complexity index is 642. The molecule has 0 bridgehead atoms. The minimum Gasteiger partial charge on any atom is -0.329 e. The van der Waals surface area contributed by atoms with Gasteiger partial charge in [0.1, 0.15) is 6.04 Å². The molecule has 6 heteroatoms. The van der Waals surface area contributed by atoms with Gasteiger partial charge in [-0.15, -0.1) is 18.5 Å². The number of piperidine rings is 1. The number of benzene rings is 1. The van der Waals surface area contributed by atoms with Gasteiger partial charge in [0.2, 0.25) is 5.91 Å². The molecule has 0 aliphatic carbocycles. The monoisotopic (exact) mass is 306 g/mol. The predicted octanol–water partition coefficient (Wildman–Crippen LogP) is 0.435. The van der Waals surface area contributed by atoms with Gasteiger partial charge in [-0.05, 0) is 41.1 Å². The first-order valence-electron chi connectivity index (χ1n) is 6.45. The molecule has 2 aliphatic heterocycles. The maximum Gasteiger partial charge on any atom is 0.255 e. The van der Waals surface area contributed by atoms with E-state index in [0.29, 0.717) is 18.5 Å². The van der Waals surface area contributed by atoms with E-state index in [0.717, 1.165) is 28.3 Å². The number of fused-ring (bicyclic) bond motifs is 1. The van der Waals surface area contributed by atoms with Crippen molar-refractivity contribution in [2.24, 2.45) is 0 Å². The summed E-state index contributed by atoms with van der Waals surface area (Å²) < 4.78 is 0. The van der Waals surface area contributed by atoms with Gasteiger partial charge in [-0.2, -0.15) is 0 Å². The minimum atomic E-state index is -0.388. The fraction of sp³-hybridized carbons (Fsp3) is 0.286. The van der Waals surface area contributed by atoms with Crippen LogP contribution in [-0.4, -0.2) is 22.8 Å². The summed E-state index contributed by atoms with van der Waals surface area (Å²) in [6.07, 6.45) is 1.37. The van der Waals surface area contributed by atoms with Crippen LogP contribution in [0.4, 0.5) is 0 Å². The molecule has 1 aromatic rings. The summed E-state index contributed by atoms with van der Waals surface area (Å²) in [5.41, 5.74) is 2.43. The fourth-order valence-electron chi connectivity index (χ4n) is 2.73. The molecule has 3 unspecified atom stereocenters. The highest BCUT2D eigenvalue weighted by Crippen LogP contribution is 2.27. The first kappa shape index (κ1) is 13.7. The summed E-state index contributed by atoms with van der Waals surface area (Å²) in [5, 5.41) is 4.79. The van der Waals surface area contributed by atoms with Crippen molar-refractivity contribution in [2.75, 3.05) is 0 Å². The number of hydrogen-bond donors (Lipinski definition) is 1. The molecule has 1 aromatic carbocycles. The standard InChI is InChI=1S/C14H16N2O2P2/c1-7-2-3-10(13(17)15-7)16-6-8-4-11(19)12(20)5-9(8)14(16)18/h4-5,10H,1-3,6,19-20H2,(H,15,17). The van der Waals surface area contributed by atoms with Crippen molar-refractivity contribution in [2.45, 2.75) is 25.4 Å². The second-order valence-electron chi connectivity index (χ2n) is 5.22. The van der Waals surface area contributed by atoms with Crippen molar-refractivity contribution in [3.8, 4) is 0 Å². The molecule has 0 aromatic heterocycles. The summed E-state index contributed by atoms with van der Waals surface area (Å²) in [7, 11) is 5.29. The third kappa shape index (κ3) is 2.17. The second kappa shape index (κ2) is 4.95. The molecule has 0 saturated carbocycles. The van der Waals surface area contributed by atoms with Crippen molar-refractivity contribution in [1.29, 1.82) is 0 Å². The minimum absolute atomic E-state index is 0.0543. The molecule has 2 amide bonds. The van der Waals surface area contributed by atoms with E-state index in [1.807, 2.05) is 12.1 Å². The molecule has 2 heterocycles. The third-order valence-corrected chi connectivity index (χ3v) is 5.17. The first-order chi connectivity index (χ1) is 9.47. The normalized spacial score (nSPS) is 22.0. The third-order valence-electron chi connectivity index (χ3n) is 3.84. The van der Waals surface area contributed by atoms with E-state index in [1.54, 1.807) is 4.90 Å². The summed E-state index contributed by atoms with van der Waals surface area (Å²) >= 11 is 0. The number of nitrogens with zero attached hydrogens (tertiary/aromatic N) is 1. The lowest BCUT2D eigenvalue weighted by molar-refractivity contribution is -0.126. The van der Waals surface area contributed by atoms with Gasteiger partial charge < -0.3 is 10.2 Å². The van der Waals surface area contributed by atoms with E-state index >= 15 is 0 Å². The van der Waals surface area contributed by atoms with Gasteiger partial charge in [-0.3, -0.25) is 9.59 Å². The number of carbonyl (C=O) groups is 2. The highest BCUT2D eigenvalue weighted by atomic mass is 31.0. The lowest BCUT2D eigenvalue weighted by Gasteiger charge is -2.30. The Morgan fingerprint density at radius 3 is 2.65 bits per heavy atom. The Balaban J connectivity index is 1.90. The van der Waals surface area contributed by atoms with Gasteiger partial charge in [-0.25, -0.2) is 0 Å². The molecule has 20 heavy (non-hydrogen) atoms. The molecule has 1 N–H and O–H groups in total. The van der Waals surface area contributed by atoms with Gasteiger partial charge >= 0.3 is 0 Å². The van der Waals surface area contributed by atoms with Crippen molar-refractivity contribution in [1.82, 2.24) is 10.2 Å². The topological polar surface area (TPSA) is 49.4 Å². The molecule has 104 valence electrons. The first-order valence-corrected chi connectivity index (χ1v) is 7.60. The Morgan fingerprint density at radius 1 is 1.25 bits per heavy atom. The Kier molecular flexibility index (Phi) is 3.40. The van der Waals surface area contributed by atoms with E-state index in [2.05, 4.69) is 30.4 Å². The summed E-state index contributed by atoms with van der Waals surface area (Å²) in [6, 6.07) is 3.49. The van der Waals surface area contributed by atoms with Crippen molar-refractivity contribution >= 4 is 40.9 Å². The van der Waals surface area contributed by atoms with Gasteiger partial charge in [-0.1, -0.05) is 6.58 Å². The second-order valence-corrected chi connectivity index (χ2v) is 6.46.